The van der Waals surface area contributed by atoms with Crippen LogP contribution < -0.4 is 5.32 Å². The molecule has 1 heterocycles. The third-order valence-electron chi connectivity index (χ3n) is 5.34. The minimum absolute atomic E-state index is 0. The number of hydrogen-bond donors (Lipinski definition) is 1. The summed E-state index contributed by atoms with van der Waals surface area (Å²) in [7, 11) is -1.09. The summed E-state index contributed by atoms with van der Waals surface area (Å²) in [5.74, 6) is 0.288. The van der Waals surface area contributed by atoms with Crippen molar-refractivity contribution in [1.29, 1.82) is 0 Å². The van der Waals surface area contributed by atoms with Gasteiger partial charge >= 0.3 is 0 Å². The maximum atomic E-state index is 13.1. The van der Waals surface area contributed by atoms with Crippen LogP contribution in [0.2, 0.25) is 0 Å². The van der Waals surface area contributed by atoms with E-state index in [4.69, 9.17) is 0 Å². The third-order valence-corrected chi connectivity index (χ3v) is 10.8. The van der Waals surface area contributed by atoms with E-state index in [2.05, 4.69) is 51.2 Å². The van der Waals surface area contributed by atoms with Crippen molar-refractivity contribution in [3.05, 3.63) is 29.3 Å². The van der Waals surface area contributed by atoms with Crippen LogP contribution >= 0.6 is 7.26 Å². The van der Waals surface area contributed by atoms with E-state index in [9.17, 15) is 4.79 Å². The van der Waals surface area contributed by atoms with E-state index in [-0.39, 0.29) is 44.3 Å². The summed E-state index contributed by atoms with van der Waals surface area (Å²) < 4.78 is 0. The van der Waals surface area contributed by atoms with Gasteiger partial charge in [0.25, 0.3) is 5.91 Å². The van der Waals surface area contributed by atoms with E-state index in [0.29, 0.717) is 0 Å². The van der Waals surface area contributed by atoms with Crippen LogP contribution in [-0.4, -0.2) is 30.1 Å². The molecule has 0 aliphatic carbocycles. The van der Waals surface area contributed by atoms with Gasteiger partial charge in [-0.1, -0.05) is 31.5 Å². The molecule has 1 radical (unpaired) electrons. The average Bonchev–Trinajstić information content (AvgIpc) is 2.98. The second-order valence-electron chi connectivity index (χ2n) is 6.75. The SMILES string of the molecule is CCCC(C(=O)Nc1c(C)cccc1C)[P+]1(CC)CCCC1.[Y]. The summed E-state index contributed by atoms with van der Waals surface area (Å²) in [5, 5.41) is 3.29. The standard InChI is InChI=1S/C19H30NOP.Y/c1-5-10-17(22(6-2)13-7-8-14-22)19(21)20-18-15(3)11-9-12-16(18)4;/h9,11-12,17H,5-8,10,13-14H2,1-4H3;/p+1. The molecule has 4 heteroatoms. The topological polar surface area (TPSA) is 29.1 Å². The van der Waals surface area contributed by atoms with Gasteiger partial charge in [0.15, 0.2) is 0 Å². The molecule has 1 aromatic rings. The van der Waals surface area contributed by atoms with Crippen LogP contribution in [-0.2, 0) is 37.5 Å². The van der Waals surface area contributed by atoms with Crippen LogP contribution in [0.15, 0.2) is 18.2 Å². The number of amides is 1. The van der Waals surface area contributed by atoms with E-state index in [1.165, 1.54) is 42.5 Å². The fourth-order valence-corrected chi connectivity index (χ4v) is 8.95. The predicted molar refractivity (Wildman–Crippen MR) is 99.7 cm³/mol. The molecule has 0 aromatic heterocycles. The molecule has 1 aromatic carbocycles. The van der Waals surface area contributed by atoms with Gasteiger partial charge in [0.1, 0.15) is 5.66 Å². The summed E-state index contributed by atoms with van der Waals surface area (Å²) in [6, 6.07) is 6.22. The van der Waals surface area contributed by atoms with Crippen molar-refractivity contribution in [1.82, 2.24) is 0 Å². The fraction of sp³-hybridized carbons (Fsp3) is 0.632. The van der Waals surface area contributed by atoms with Gasteiger partial charge in [-0.15, -0.1) is 0 Å². The number of carbonyl (C=O) groups is 1. The molecule has 2 rings (SSSR count). The van der Waals surface area contributed by atoms with Crippen molar-refractivity contribution in [3.8, 4) is 0 Å². The first-order chi connectivity index (χ1) is 10.5. The van der Waals surface area contributed by atoms with E-state index in [1.807, 2.05) is 0 Å². The zero-order valence-corrected chi connectivity index (χ0v) is 18.9. The minimum Gasteiger partial charge on any atom is -0.322 e. The molecule has 1 atom stereocenters. The minimum atomic E-state index is -1.09. The van der Waals surface area contributed by atoms with E-state index >= 15 is 0 Å². The maximum Gasteiger partial charge on any atom is 0.265 e. The Labute approximate surface area is 167 Å². The molecule has 1 aliphatic rings. The number of para-hydroxylation sites is 1. The number of rotatable bonds is 6. The van der Waals surface area contributed by atoms with Crippen LogP contribution in [0, 0.1) is 13.8 Å². The van der Waals surface area contributed by atoms with E-state index < -0.39 is 7.26 Å². The summed E-state index contributed by atoms with van der Waals surface area (Å²) in [4.78, 5) is 13.1. The molecule has 0 bridgehead atoms. The van der Waals surface area contributed by atoms with Gasteiger partial charge in [0.05, 0.1) is 18.5 Å². The maximum absolute atomic E-state index is 13.1. The second kappa shape index (κ2) is 9.64. The van der Waals surface area contributed by atoms with Crippen molar-refractivity contribution in [3.63, 3.8) is 0 Å². The molecule has 1 fully saturated rings. The Kier molecular flexibility index (Phi) is 8.91. The molecular formula is C19H31NOPY+. The Morgan fingerprint density at radius 3 is 2.22 bits per heavy atom. The van der Waals surface area contributed by atoms with Gasteiger partial charge in [0, 0.05) is 45.7 Å². The molecular weight excluding hydrogens is 378 g/mol. The Morgan fingerprint density at radius 1 is 1.17 bits per heavy atom. The summed E-state index contributed by atoms with van der Waals surface area (Å²) in [5.41, 5.74) is 3.63. The number of carbonyl (C=O) groups excluding carboxylic acids is 1. The molecule has 1 amide bonds. The third kappa shape index (κ3) is 4.87. The number of nitrogens with one attached hydrogen (secondary N) is 1. The molecule has 0 spiro atoms. The monoisotopic (exact) mass is 409 g/mol. The van der Waals surface area contributed by atoms with Crippen LogP contribution in [0.25, 0.3) is 0 Å². The van der Waals surface area contributed by atoms with Crippen molar-refractivity contribution >= 4 is 18.9 Å². The van der Waals surface area contributed by atoms with Crippen molar-refractivity contribution in [2.24, 2.45) is 0 Å². The molecule has 125 valence electrons. The first-order valence-electron chi connectivity index (χ1n) is 8.77. The molecule has 0 saturated carbocycles. The molecule has 1 unspecified atom stereocenters. The van der Waals surface area contributed by atoms with E-state index in [1.54, 1.807) is 0 Å². The van der Waals surface area contributed by atoms with Crippen LogP contribution in [0.5, 0.6) is 0 Å². The smallest absolute Gasteiger partial charge is 0.265 e. The van der Waals surface area contributed by atoms with Gasteiger partial charge < -0.3 is 5.32 Å². The van der Waals surface area contributed by atoms with Crippen LogP contribution in [0.1, 0.15) is 50.7 Å². The predicted octanol–water partition coefficient (Wildman–Crippen LogP) is 5.24. The second-order valence-corrected chi connectivity index (χ2v) is 11.3. The number of hydrogen-bond acceptors (Lipinski definition) is 1. The van der Waals surface area contributed by atoms with Crippen molar-refractivity contribution < 1.29 is 37.5 Å². The first-order valence-corrected chi connectivity index (χ1v) is 11.2. The van der Waals surface area contributed by atoms with E-state index in [0.717, 1.165) is 18.5 Å². The Balaban J connectivity index is 0.00000264. The Hall–Kier alpha value is 0.224. The molecule has 2 nitrogen and oxygen atoms in total. The quantitative estimate of drug-likeness (QED) is 0.640. The summed E-state index contributed by atoms with van der Waals surface area (Å²) in [6.45, 7) is 8.69. The molecule has 1 N–H and O–H groups in total. The number of benzene rings is 1. The van der Waals surface area contributed by atoms with Crippen molar-refractivity contribution in [2.75, 3.05) is 23.8 Å². The van der Waals surface area contributed by atoms with Crippen LogP contribution in [0.3, 0.4) is 0 Å². The van der Waals surface area contributed by atoms with Gasteiger partial charge in [-0.25, -0.2) is 0 Å². The van der Waals surface area contributed by atoms with Gasteiger partial charge in [0.2, 0.25) is 0 Å². The summed E-state index contributed by atoms with van der Waals surface area (Å²) >= 11 is 0. The largest absolute Gasteiger partial charge is 0.322 e. The van der Waals surface area contributed by atoms with Gasteiger partial charge in [-0.05, 0) is 51.2 Å². The molecule has 23 heavy (non-hydrogen) atoms. The zero-order chi connectivity index (χ0) is 16.2. The first kappa shape index (κ1) is 21.3. The molecule has 1 aliphatic heterocycles. The number of aryl methyl sites for hydroxylation is 2. The van der Waals surface area contributed by atoms with Gasteiger partial charge in [-0.3, -0.25) is 4.79 Å². The summed E-state index contributed by atoms with van der Waals surface area (Å²) in [6.07, 6.45) is 8.71. The molecule has 1 saturated heterocycles. The van der Waals surface area contributed by atoms with Crippen molar-refractivity contribution in [2.45, 2.75) is 59.0 Å². The Bertz CT molecular complexity index is 506. The fourth-order valence-electron chi connectivity index (χ4n) is 3.96. The normalized spacial score (nSPS) is 17.4. The van der Waals surface area contributed by atoms with Crippen LogP contribution in [0.4, 0.5) is 5.69 Å². The average molecular weight is 409 g/mol. The number of anilines is 1. The zero-order valence-electron chi connectivity index (χ0n) is 15.2. The van der Waals surface area contributed by atoms with Gasteiger partial charge in [-0.2, -0.15) is 0 Å². The Morgan fingerprint density at radius 2 is 1.74 bits per heavy atom.